The van der Waals surface area contributed by atoms with Gasteiger partial charge in [0.2, 0.25) is 11.8 Å². The molecule has 1 heterocycles. The Morgan fingerprint density at radius 2 is 1.64 bits per heavy atom. The Morgan fingerprint density at radius 3 is 2.25 bits per heavy atom. The molecule has 0 aliphatic carbocycles. The number of carbonyl (C=O) groups is 2. The van der Waals surface area contributed by atoms with Gasteiger partial charge in [0.25, 0.3) is 0 Å². The van der Waals surface area contributed by atoms with Crippen molar-refractivity contribution < 1.29 is 23.8 Å². The molecule has 0 N–H and O–H groups in total. The van der Waals surface area contributed by atoms with Gasteiger partial charge >= 0.3 is 0 Å². The number of benzene rings is 1. The molecule has 0 atom stereocenters. The second-order valence-electron chi connectivity index (χ2n) is 6.78. The Labute approximate surface area is 167 Å². The minimum absolute atomic E-state index is 0.0950. The number of hydrogen-bond acceptors (Lipinski definition) is 5. The van der Waals surface area contributed by atoms with Crippen molar-refractivity contribution >= 4 is 11.8 Å². The van der Waals surface area contributed by atoms with Crippen LogP contribution in [-0.4, -0.2) is 75.2 Å². The lowest BCUT2D eigenvalue weighted by Gasteiger charge is -2.22. The van der Waals surface area contributed by atoms with Gasteiger partial charge in [-0.2, -0.15) is 0 Å². The second-order valence-corrected chi connectivity index (χ2v) is 6.78. The fourth-order valence-corrected chi connectivity index (χ4v) is 3.32. The molecular formula is C21H32N2O5. The molecule has 2 rings (SSSR count). The summed E-state index contributed by atoms with van der Waals surface area (Å²) in [4.78, 5) is 28.5. The van der Waals surface area contributed by atoms with Crippen LogP contribution in [-0.2, 0) is 20.7 Å². The summed E-state index contributed by atoms with van der Waals surface area (Å²) in [7, 11) is 3.21. The van der Waals surface area contributed by atoms with Gasteiger partial charge in [-0.3, -0.25) is 9.59 Å². The summed E-state index contributed by atoms with van der Waals surface area (Å²) in [6, 6.07) is 5.79. The van der Waals surface area contributed by atoms with Crippen molar-refractivity contribution in [2.75, 3.05) is 53.6 Å². The van der Waals surface area contributed by atoms with E-state index in [2.05, 4.69) is 0 Å². The van der Waals surface area contributed by atoms with Gasteiger partial charge < -0.3 is 24.0 Å². The van der Waals surface area contributed by atoms with E-state index in [9.17, 15) is 9.59 Å². The smallest absolute Gasteiger partial charge is 0.224 e. The van der Waals surface area contributed by atoms with Crippen LogP contribution in [0.1, 0.15) is 31.7 Å². The van der Waals surface area contributed by atoms with Crippen LogP contribution >= 0.6 is 0 Å². The minimum Gasteiger partial charge on any atom is -0.493 e. The van der Waals surface area contributed by atoms with Gasteiger partial charge in [-0.25, -0.2) is 0 Å². The predicted octanol–water partition coefficient (Wildman–Crippen LogP) is 2.12. The zero-order valence-corrected chi connectivity index (χ0v) is 17.2. The highest BCUT2D eigenvalue weighted by Crippen LogP contribution is 2.28. The second kappa shape index (κ2) is 11.5. The van der Waals surface area contributed by atoms with E-state index < -0.39 is 0 Å². The van der Waals surface area contributed by atoms with Crippen molar-refractivity contribution in [3.05, 3.63) is 23.8 Å². The summed E-state index contributed by atoms with van der Waals surface area (Å²) >= 11 is 0. The molecule has 7 heteroatoms. The summed E-state index contributed by atoms with van der Waals surface area (Å²) < 4.78 is 15.9. The molecule has 0 unspecified atom stereocenters. The van der Waals surface area contributed by atoms with Crippen molar-refractivity contribution in [2.45, 2.75) is 32.6 Å². The van der Waals surface area contributed by atoms with E-state index in [1.165, 1.54) is 0 Å². The summed E-state index contributed by atoms with van der Waals surface area (Å²) in [6.07, 6.45) is 2.29. The van der Waals surface area contributed by atoms with Gasteiger partial charge in [0.15, 0.2) is 11.5 Å². The number of methoxy groups -OCH3 is 2. The molecule has 1 fully saturated rings. The van der Waals surface area contributed by atoms with Crippen molar-refractivity contribution in [1.82, 2.24) is 9.80 Å². The standard InChI is InChI=1S/C21H32N2O5/c1-4-28-18-8-6-17(16-19(18)27-3)7-9-20(24)22-11-5-12-23(14-13-22)21(25)10-15-26-2/h6,8,16H,4-5,7,9-15H2,1-3H3. The monoisotopic (exact) mass is 392 g/mol. The van der Waals surface area contributed by atoms with E-state index in [0.29, 0.717) is 70.2 Å². The van der Waals surface area contributed by atoms with E-state index in [1.54, 1.807) is 14.2 Å². The van der Waals surface area contributed by atoms with Crippen molar-refractivity contribution in [1.29, 1.82) is 0 Å². The first-order valence-electron chi connectivity index (χ1n) is 9.93. The fraction of sp³-hybridized carbons (Fsp3) is 0.619. The Morgan fingerprint density at radius 1 is 0.964 bits per heavy atom. The van der Waals surface area contributed by atoms with Crippen LogP contribution < -0.4 is 9.47 Å². The highest BCUT2D eigenvalue weighted by Gasteiger charge is 2.21. The molecule has 1 saturated heterocycles. The average molecular weight is 392 g/mol. The minimum atomic E-state index is 0.0950. The summed E-state index contributed by atoms with van der Waals surface area (Å²) in [5.74, 6) is 1.62. The van der Waals surface area contributed by atoms with Gasteiger partial charge in [0.1, 0.15) is 0 Å². The normalized spacial score (nSPS) is 14.5. The molecule has 156 valence electrons. The van der Waals surface area contributed by atoms with Gasteiger partial charge in [0, 0.05) is 39.7 Å². The molecule has 1 aromatic rings. The van der Waals surface area contributed by atoms with Crippen molar-refractivity contribution in [2.24, 2.45) is 0 Å². The maximum absolute atomic E-state index is 12.6. The van der Waals surface area contributed by atoms with E-state index in [1.807, 2.05) is 34.9 Å². The Balaban J connectivity index is 1.85. The van der Waals surface area contributed by atoms with E-state index in [-0.39, 0.29) is 11.8 Å². The van der Waals surface area contributed by atoms with E-state index >= 15 is 0 Å². The third kappa shape index (κ3) is 6.41. The quantitative estimate of drug-likeness (QED) is 0.644. The molecule has 0 saturated carbocycles. The zero-order valence-electron chi connectivity index (χ0n) is 17.2. The lowest BCUT2D eigenvalue weighted by molar-refractivity contribution is -0.134. The molecule has 0 aromatic heterocycles. The maximum atomic E-state index is 12.6. The first-order valence-corrected chi connectivity index (χ1v) is 9.93. The highest BCUT2D eigenvalue weighted by molar-refractivity contribution is 5.78. The van der Waals surface area contributed by atoms with Gasteiger partial charge in [0.05, 0.1) is 26.7 Å². The van der Waals surface area contributed by atoms with Crippen LogP contribution in [0.25, 0.3) is 0 Å². The van der Waals surface area contributed by atoms with Crippen molar-refractivity contribution in [3.8, 4) is 11.5 Å². The number of hydrogen-bond donors (Lipinski definition) is 0. The molecular weight excluding hydrogens is 360 g/mol. The fourth-order valence-electron chi connectivity index (χ4n) is 3.32. The zero-order chi connectivity index (χ0) is 20.4. The van der Waals surface area contributed by atoms with Crippen LogP contribution in [0.4, 0.5) is 0 Å². The van der Waals surface area contributed by atoms with Crippen LogP contribution in [0.3, 0.4) is 0 Å². The molecule has 0 radical (unpaired) electrons. The Bertz CT molecular complexity index is 650. The third-order valence-electron chi connectivity index (χ3n) is 4.88. The van der Waals surface area contributed by atoms with Crippen LogP contribution in [0, 0.1) is 0 Å². The molecule has 0 spiro atoms. The topological polar surface area (TPSA) is 68.3 Å². The van der Waals surface area contributed by atoms with Gasteiger partial charge in [-0.1, -0.05) is 6.07 Å². The number of carbonyl (C=O) groups excluding carboxylic acids is 2. The van der Waals surface area contributed by atoms with Gasteiger partial charge in [-0.05, 0) is 37.5 Å². The van der Waals surface area contributed by atoms with Crippen molar-refractivity contribution in [3.63, 3.8) is 0 Å². The van der Waals surface area contributed by atoms with Crippen LogP contribution in [0.15, 0.2) is 18.2 Å². The summed E-state index contributed by atoms with van der Waals surface area (Å²) in [6.45, 7) is 5.51. The number of rotatable bonds is 9. The average Bonchev–Trinajstić information content (AvgIpc) is 2.97. The molecule has 2 amide bonds. The first kappa shape index (κ1) is 22.0. The molecule has 0 bridgehead atoms. The van der Waals surface area contributed by atoms with Crippen LogP contribution in [0.5, 0.6) is 11.5 Å². The van der Waals surface area contributed by atoms with Gasteiger partial charge in [-0.15, -0.1) is 0 Å². The largest absolute Gasteiger partial charge is 0.493 e. The molecule has 28 heavy (non-hydrogen) atoms. The highest BCUT2D eigenvalue weighted by atomic mass is 16.5. The Hall–Kier alpha value is -2.28. The predicted molar refractivity (Wildman–Crippen MR) is 107 cm³/mol. The number of nitrogens with zero attached hydrogens (tertiary/aromatic N) is 2. The lowest BCUT2D eigenvalue weighted by Crippen LogP contribution is -2.37. The molecule has 1 aliphatic heterocycles. The molecule has 1 aromatic carbocycles. The van der Waals surface area contributed by atoms with E-state index in [4.69, 9.17) is 14.2 Å². The summed E-state index contributed by atoms with van der Waals surface area (Å²) in [5, 5.41) is 0. The maximum Gasteiger partial charge on any atom is 0.224 e. The lowest BCUT2D eigenvalue weighted by atomic mass is 10.1. The summed E-state index contributed by atoms with van der Waals surface area (Å²) in [5.41, 5.74) is 1.04. The SMILES string of the molecule is CCOc1ccc(CCC(=O)N2CCCN(C(=O)CCOC)CC2)cc1OC. The molecule has 1 aliphatic rings. The Kier molecular flexibility index (Phi) is 9.07. The third-order valence-corrected chi connectivity index (χ3v) is 4.88. The molecule has 7 nitrogen and oxygen atoms in total. The number of aryl methyl sites for hydroxylation is 1. The number of ether oxygens (including phenoxy) is 3. The van der Waals surface area contributed by atoms with E-state index in [0.717, 1.165) is 12.0 Å². The number of amides is 2. The first-order chi connectivity index (χ1) is 13.6. The van der Waals surface area contributed by atoms with Crippen LogP contribution in [0.2, 0.25) is 0 Å².